The highest BCUT2D eigenvalue weighted by Gasteiger charge is 2.37. The number of ketones is 1. The first kappa shape index (κ1) is 19.3. The molecule has 6 heteroatoms. The molecule has 0 unspecified atom stereocenters. The summed E-state index contributed by atoms with van der Waals surface area (Å²) in [5, 5.41) is 0.646. The Balaban J connectivity index is 2.17. The summed E-state index contributed by atoms with van der Waals surface area (Å²) in [6, 6.07) is 7.13. The summed E-state index contributed by atoms with van der Waals surface area (Å²) in [5.74, 6) is 1.58. The van der Waals surface area contributed by atoms with Crippen molar-refractivity contribution in [2.24, 2.45) is 0 Å². The average molecular weight is 364 g/mol. The third kappa shape index (κ3) is 5.48. The molecule has 2 atom stereocenters. The first-order valence-corrected chi connectivity index (χ1v) is 8.43. The Kier molecular flexibility index (Phi) is 6.10. The largest absolute Gasteiger partial charge is 0.444 e. The summed E-state index contributed by atoms with van der Waals surface area (Å²) in [6.45, 7) is 5.67. The van der Waals surface area contributed by atoms with Crippen LogP contribution in [0.3, 0.4) is 0 Å². The van der Waals surface area contributed by atoms with Crippen LogP contribution in [-0.2, 0) is 20.7 Å². The second kappa shape index (κ2) is 7.90. The van der Waals surface area contributed by atoms with E-state index in [2.05, 4.69) is 5.92 Å². The van der Waals surface area contributed by atoms with Crippen molar-refractivity contribution < 1.29 is 19.1 Å². The molecule has 1 fully saturated rings. The molecule has 25 heavy (non-hydrogen) atoms. The fourth-order valence-electron chi connectivity index (χ4n) is 2.56. The lowest BCUT2D eigenvalue weighted by Gasteiger charge is -2.39. The zero-order valence-corrected chi connectivity index (χ0v) is 15.4. The van der Waals surface area contributed by atoms with Crippen LogP contribution in [0.15, 0.2) is 24.3 Å². The molecule has 0 saturated carbocycles. The predicted octanol–water partition coefficient (Wildman–Crippen LogP) is 3.09. The first-order valence-electron chi connectivity index (χ1n) is 8.05. The zero-order valence-electron chi connectivity index (χ0n) is 14.6. The maximum atomic E-state index is 12.6. The fraction of sp³-hybridized carbons (Fsp3) is 0.474. The molecule has 5 nitrogen and oxygen atoms in total. The molecule has 1 aromatic rings. The molecule has 1 aliphatic rings. The van der Waals surface area contributed by atoms with Crippen molar-refractivity contribution in [1.29, 1.82) is 0 Å². The highest BCUT2D eigenvalue weighted by Crippen LogP contribution is 2.21. The molecule has 1 aromatic carbocycles. The lowest BCUT2D eigenvalue weighted by atomic mass is 10.0. The van der Waals surface area contributed by atoms with Crippen LogP contribution >= 0.6 is 11.6 Å². The molecule has 0 aromatic heterocycles. The summed E-state index contributed by atoms with van der Waals surface area (Å²) in [5.41, 5.74) is 0.375. The lowest BCUT2D eigenvalue weighted by molar-refractivity contribution is -0.133. The Morgan fingerprint density at radius 3 is 2.56 bits per heavy atom. The van der Waals surface area contributed by atoms with E-state index < -0.39 is 23.6 Å². The SMILES string of the molecule is C#CC(=O)[C@H]1CN(C(=O)OC(C)(C)C)[C@@H](Cc2ccc(Cl)cc2)CO1. The van der Waals surface area contributed by atoms with E-state index >= 15 is 0 Å². The van der Waals surface area contributed by atoms with Gasteiger partial charge in [0, 0.05) is 5.02 Å². The van der Waals surface area contributed by atoms with Crippen molar-refractivity contribution in [2.45, 2.75) is 44.9 Å². The van der Waals surface area contributed by atoms with E-state index in [1.807, 2.05) is 12.1 Å². The lowest BCUT2D eigenvalue weighted by Crippen LogP contribution is -2.56. The van der Waals surface area contributed by atoms with Crippen molar-refractivity contribution in [1.82, 2.24) is 4.90 Å². The number of terminal acetylenes is 1. The van der Waals surface area contributed by atoms with Crippen LogP contribution in [0.2, 0.25) is 5.02 Å². The third-order valence-electron chi connectivity index (χ3n) is 3.74. The van der Waals surface area contributed by atoms with E-state index in [1.54, 1.807) is 32.9 Å². The molecule has 0 bridgehead atoms. The Morgan fingerprint density at radius 2 is 2.00 bits per heavy atom. The molecule has 0 N–H and O–H groups in total. The molecule has 1 heterocycles. The van der Waals surface area contributed by atoms with Crippen LogP contribution in [0.5, 0.6) is 0 Å². The Labute approximate surface area is 153 Å². The predicted molar refractivity (Wildman–Crippen MR) is 95.5 cm³/mol. The number of Topliss-reactive ketones (excluding diaryl/α,β-unsaturated/α-hetero) is 1. The summed E-state index contributed by atoms with van der Waals surface area (Å²) in [7, 11) is 0. The van der Waals surface area contributed by atoms with Gasteiger partial charge in [0.2, 0.25) is 5.78 Å². The van der Waals surface area contributed by atoms with Gasteiger partial charge in [-0.25, -0.2) is 4.79 Å². The molecular formula is C19H22ClNO4. The minimum atomic E-state index is -0.820. The number of nitrogens with zero attached hydrogens (tertiary/aromatic N) is 1. The van der Waals surface area contributed by atoms with Crippen molar-refractivity contribution in [3.8, 4) is 12.3 Å². The molecule has 1 amide bonds. The summed E-state index contributed by atoms with van der Waals surface area (Å²) in [4.78, 5) is 25.9. The van der Waals surface area contributed by atoms with Gasteiger partial charge in [0.1, 0.15) is 11.7 Å². The quantitative estimate of drug-likeness (QED) is 0.611. The van der Waals surface area contributed by atoms with Gasteiger partial charge >= 0.3 is 6.09 Å². The van der Waals surface area contributed by atoms with Crippen LogP contribution in [0.1, 0.15) is 26.3 Å². The molecule has 1 aliphatic heterocycles. The van der Waals surface area contributed by atoms with Crippen molar-refractivity contribution in [3.05, 3.63) is 34.9 Å². The van der Waals surface area contributed by atoms with Crippen LogP contribution in [0, 0.1) is 12.3 Å². The van der Waals surface area contributed by atoms with Crippen molar-refractivity contribution >= 4 is 23.5 Å². The standard InChI is InChI=1S/C19H22ClNO4/c1-5-16(22)17-11-21(18(23)25-19(2,3)4)15(12-24-17)10-13-6-8-14(20)9-7-13/h1,6-9,15,17H,10-12H2,2-4H3/t15-,17+/m0/s1. The molecule has 0 aliphatic carbocycles. The van der Waals surface area contributed by atoms with E-state index in [0.717, 1.165) is 5.56 Å². The van der Waals surface area contributed by atoms with Crippen LogP contribution < -0.4 is 0 Å². The zero-order chi connectivity index (χ0) is 18.6. The maximum absolute atomic E-state index is 12.6. The van der Waals surface area contributed by atoms with Crippen LogP contribution in [0.4, 0.5) is 4.79 Å². The molecule has 1 saturated heterocycles. The van der Waals surface area contributed by atoms with E-state index in [1.165, 1.54) is 4.90 Å². The van der Waals surface area contributed by atoms with Gasteiger partial charge in [0.25, 0.3) is 0 Å². The first-order chi connectivity index (χ1) is 11.7. The number of amides is 1. The minimum Gasteiger partial charge on any atom is -0.444 e. The smallest absolute Gasteiger partial charge is 0.410 e. The van der Waals surface area contributed by atoms with Gasteiger partial charge in [-0.05, 0) is 50.8 Å². The fourth-order valence-corrected chi connectivity index (χ4v) is 2.68. The number of halogens is 1. The summed E-state index contributed by atoms with van der Waals surface area (Å²) < 4.78 is 11.1. The van der Waals surface area contributed by atoms with E-state index in [-0.39, 0.29) is 19.2 Å². The van der Waals surface area contributed by atoms with Gasteiger partial charge in [-0.1, -0.05) is 23.7 Å². The average Bonchev–Trinajstić information content (AvgIpc) is 2.55. The Bertz CT molecular complexity index is 672. The van der Waals surface area contributed by atoms with Gasteiger partial charge < -0.3 is 9.47 Å². The third-order valence-corrected chi connectivity index (χ3v) is 3.99. The number of hydrogen-bond acceptors (Lipinski definition) is 4. The molecule has 0 radical (unpaired) electrons. The Morgan fingerprint density at radius 1 is 1.36 bits per heavy atom. The van der Waals surface area contributed by atoms with Gasteiger partial charge in [-0.2, -0.15) is 0 Å². The second-order valence-corrected chi connectivity index (χ2v) is 7.38. The molecule has 134 valence electrons. The van der Waals surface area contributed by atoms with Crippen LogP contribution in [0.25, 0.3) is 0 Å². The highest BCUT2D eigenvalue weighted by molar-refractivity contribution is 6.30. The monoisotopic (exact) mass is 363 g/mol. The van der Waals surface area contributed by atoms with Gasteiger partial charge in [-0.15, -0.1) is 6.42 Å². The second-order valence-electron chi connectivity index (χ2n) is 6.95. The van der Waals surface area contributed by atoms with E-state index in [4.69, 9.17) is 27.5 Å². The number of morpholine rings is 1. The summed E-state index contributed by atoms with van der Waals surface area (Å²) >= 11 is 5.91. The number of rotatable bonds is 3. The summed E-state index contributed by atoms with van der Waals surface area (Å²) in [6.07, 6.45) is 4.43. The number of benzene rings is 1. The topological polar surface area (TPSA) is 55.8 Å². The van der Waals surface area contributed by atoms with E-state index in [9.17, 15) is 9.59 Å². The number of carbonyl (C=O) groups excluding carboxylic acids is 2. The highest BCUT2D eigenvalue weighted by atomic mass is 35.5. The number of hydrogen-bond donors (Lipinski definition) is 0. The number of ether oxygens (including phenoxy) is 2. The molecular weight excluding hydrogens is 342 g/mol. The number of carbonyl (C=O) groups is 2. The molecule has 2 rings (SSSR count). The van der Waals surface area contributed by atoms with Crippen LogP contribution in [-0.4, -0.2) is 47.7 Å². The van der Waals surface area contributed by atoms with Gasteiger partial charge in [-0.3, -0.25) is 9.69 Å². The Hall–Kier alpha value is -2.03. The van der Waals surface area contributed by atoms with Gasteiger partial charge in [0.15, 0.2) is 0 Å². The molecule has 0 spiro atoms. The van der Waals surface area contributed by atoms with E-state index in [0.29, 0.717) is 11.4 Å². The minimum absolute atomic E-state index is 0.0796. The van der Waals surface area contributed by atoms with Gasteiger partial charge in [0.05, 0.1) is 19.2 Å². The van der Waals surface area contributed by atoms with Crippen molar-refractivity contribution in [3.63, 3.8) is 0 Å². The maximum Gasteiger partial charge on any atom is 0.410 e. The normalized spacial score (nSPS) is 20.7. The van der Waals surface area contributed by atoms with Crippen molar-refractivity contribution in [2.75, 3.05) is 13.2 Å².